The first-order valence-corrected chi connectivity index (χ1v) is 6.48. The highest BCUT2D eigenvalue weighted by atomic mass is 16.5. The van der Waals surface area contributed by atoms with Crippen LogP contribution in [0, 0.1) is 6.92 Å². The lowest BCUT2D eigenvalue weighted by atomic mass is 10.3. The maximum absolute atomic E-state index is 11.6. The number of esters is 1. The first kappa shape index (κ1) is 15.2. The van der Waals surface area contributed by atoms with Crippen LogP contribution in [-0.2, 0) is 9.53 Å². The van der Waals surface area contributed by atoms with Crippen molar-refractivity contribution in [3.8, 4) is 5.88 Å². The molecule has 106 valence electrons. The van der Waals surface area contributed by atoms with Crippen molar-refractivity contribution >= 4 is 11.8 Å². The van der Waals surface area contributed by atoms with Crippen LogP contribution in [0.2, 0.25) is 0 Å². The lowest BCUT2D eigenvalue weighted by Crippen LogP contribution is -2.32. The molecule has 0 N–H and O–H groups in total. The molecule has 1 heterocycles. The van der Waals surface area contributed by atoms with Crippen LogP contribution >= 0.6 is 0 Å². The maximum Gasteiger partial charge on any atom is 0.325 e. The SMILES string of the molecule is CCOC(=O)CN(CC)c1ncnc(OCC)c1C. The highest BCUT2D eigenvalue weighted by molar-refractivity contribution is 5.75. The lowest BCUT2D eigenvalue weighted by Gasteiger charge is -2.22. The molecular formula is C13H21N3O3. The average molecular weight is 267 g/mol. The Bertz CT molecular complexity index is 424. The lowest BCUT2D eigenvalue weighted by molar-refractivity contribution is -0.141. The van der Waals surface area contributed by atoms with E-state index < -0.39 is 0 Å². The number of rotatable bonds is 7. The molecular weight excluding hydrogens is 246 g/mol. The number of likely N-dealkylation sites (N-methyl/N-ethyl adjacent to an activating group) is 1. The van der Waals surface area contributed by atoms with Gasteiger partial charge in [0.05, 0.1) is 18.8 Å². The molecule has 0 aromatic carbocycles. The zero-order valence-corrected chi connectivity index (χ0v) is 12.0. The van der Waals surface area contributed by atoms with Gasteiger partial charge < -0.3 is 14.4 Å². The van der Waals surface area contributed by atoms with Crippen LogP contribution in [-0.4, -0.2) is 42.2 Å². The van der Waals surface area contributed by atoms with Gasteiger partial charge in [-0.25, -0.2) is 9.97 Å². The third-order valence-electron chi connectivity index (χ3n) is 2.60. The Morgan fingerprint density at radius 1 is 1.26 bits per heavy atom. The van der Waals surface area contributed by atoms with Crippen molar-refractivity contribution < 1.29 is 14.3 Å². The Balaban J connectivity index is 2.91. The van der Waals surface area contributed by atoms with Gasteiger partial charge in [-0.3, -0.25) is 4.79 Å². The molecule has 0 saturated carbocycles. The molecule has 0 fully saturated rings. The van der Waals surface area contributed by atoms with Crippen molar-refractivity contribution in [3.05, 3.63) is 11.9 Å². The Morgan fingerprint density at radius 3 is 2.58 bits per heavy atom. The van der Waals surface area contributed by atoms with Gasteiger partial charge in [-0.15, -0.1) is 0 Å². The predicted molar refractivity (Wildman–Crippen MR) is 72.5 cm³/mol. The molecule has 0 bridgehead atoms. The van der Waals surface area contributed by atoms with Crippen molar-refractivity contribution in [2.45, 2.75) is 27.7 Å². The summed E-state index contributed by atoms with van der Waals surface area (Å²) in [6, 6.07) is 0. The maximum atomic E-state index is 11.6. The Hall–Kier alpha value is -1.85. The summed E-state index contributed by atoms with van der Waals surface area (Å²) in [5, 5.41) is 0. The van der Waals surface area contributed by atoms with Gasteiger partial charge in [0.15, 0.2) is 0 Å². The highest BCUT2D eigenvalue weighted by Gasteiger charge is 2.16. The van der Waals surface area contributed by atoms with Crippen LogP contribution in [0.1, 0.15) is 26.3 Å². The van der Waals surface area contributed by atoms with Crippen LogP contribution in [0.4, 0.5) is 5.82 Å². The smallest absolute Gasteiger partial charge is 0.325 e. The number of anilines is 1. The molecule has 1 aromatic rings. The summed E-state index contributed by atoms with van der Waals surface area (Å²) in [5.74, 6) is 0.990. The van der Waals surface area contributed by atoms with E-state index in [2.05, 4.69) is 9.97 Å². The van der Waals surface area contributed by atoms with Gasteiger partial charge >= 0.3 is 5.97 Å². The first-order chi connectivity index (χ1) is 9.13. The summed E-state index contributed by atoms with van der Waals surface area (Å²) in [6.45, 7) is 9.28. The molecule has 0 aliphatic heterocycles. The summed E-state index contributed by atoms with van der Waals surface area (Å²) < 4.78 is 10.4. The minimum atomic E-state index is -0.264. The topological polar surface area (TPSA) is 64.5 Å². The van der Waals surface area contributed by atoms with Crippen LogP contribution in [0.15, 0.2) is 6.33 Å². The molecule has 0 atom stereocenters. The Labute approximate surface area is 113 Å². The van der Waals surface area contributed by atoms with Crippen molar-refractivity contribution in [2.75, 3.05) is 31.2 Å². The second-order valence-electron chi connectivity index (χ2n) is 3.88. The number of nitrogens with zero attached hydrogens (tertiary/aromatic N) is 3. The van der Waals surface area contributed by atoms with E-state index in [1.165, 1.54) is 6.33 Å². The van der Waals surface area contributed by atoms with E-state index in [0.717, 1.165) is 5.56 Å². The first-order valence-electron chi connectivity index (χ1n) is 6.48. The van der Waals surface area contributed by atoms with Crippen LogP contribution in [0.3, 0.4) is 0 Å². The molecule has 0 spiro atoms. The molecule has 0 radical (unpaired) electrons. The number of carbonyl (C=O) groups is 1. The van der Waals surface area contributed by atoms with E-state index in [-0.39, 0.29) is 12.5 Å². The number of carbonyl (C=O) groups excluding carboxylic acids is 1. The summed E-state index contributed by atoms with van der Waals surface area (Å²) in [7, 11) is 0. The fraction of sp³-hybridized carbons (Fsp3) is 0.615. The number of hydrogen-bond acceptors (Lipinski definition) is 6. The minimum Gasteiger partial charge on any atom is -0.478 e. The summed E-state index contributed by atoms with van der Waals surface area (Å²) in [4.78, 5) is 21.7. The third-order valence-corrected chi connectivity index (χ3v) is 2.60. The van der Waals surface area contributed by atoms with Gasteiger partial charge in [0, 0.05) is 6.54 Å². The van der Waals surface area contributed by atoms with Gasteiger partial charge in [0.1, 0.15) is 18.7 Å². The molecule has 6 heteroatoms. The van der Waals surface area contributed by atoms with Gasteiger partial charge in [-0.05, 0) is 27.7 Å². The highest BCUT2D eigenvalue weighted by Crippen LogP contribution is 2.23. The molecule has 0 aliphatic carbocycles. The van der Waals surface area contributed by atoms with Crippen molar-refractivity contribution in [3.63, 3.8) is 0 Å². The van der Waals surface area contributed by atoms with Crippen molar-refractivity contribution in [1.29, 1.82) is 0 Å². The molecule has 1 aromatic heterocycles. The van der Waals surface area contributed by atoms with Gasteiger partial charge in [0.25, 0.3) is 0 Å². The standard InChI is InChI=1S/C13H21N3O3/c1-5-16(8-11(17)18-6-2)12-10(4)13(19-7-3)15-9-14-12/h9H,5-8H2,1-4H3. The summed E-state index contributed by atoms with van der Waals surface area (Å²) in [5.41, 5.74) is 0.829. The van der Waals surface area contributed by atoms with Crippen LogP contribution < -0.4 is 9.64 Å². The van der Waals surface area contributed by atoms with E-state index in [1.807, 2.05) is 25.7 Å². The van der Waals surface area contributed by atoms with Gasteiger partial charge in [0.2, 0.25) is 5.88 Å². The molecule has 0 aliphatic rings. The van der Waals surface area contributed by atoms with E-state index in [9.17, 15) is 4.79 Å². The molecule has 19 heavy (non-hydrogen) atoms. The number of aromatic nitrogens is 2. The van der Waals surface area contributed by atoms with Gasteiger partial charge in [-0.2, -0.15) is 0 Å². The number of ether oxygens (including phenoxy) is 2. The normalized spacial score (nSPS) is 10.1. The third kappa shape index (κ3) is 4.08. The second-order valence-corrected chi connectivity index (χ2v) is 3.88. The van der Waals surface area contributed by atoms with Crippen LogP contribution in [0.5, 0.6) is 5.88 Å². The molecule has 0 unspecified atom stereocenters. The Morgan fingerprint density at radius 2 is 2.00 bits per heavy atom. The minimum absolute atomic E-state index is 0.174. The average Bonchev–Trinajstić information content (AvgIpc) is 2.39. The zero-order chi connectivity index (χ0) is 14.3. The molecule has 6 nitrogen and oxygen atoms in total. The summed E-state index contributed by atoms with van der Waals surface area (Å²) in [6.07, 6.45) is 1.45. The van der Waals surface area contributed by atoms with E-state index in [1.54, 1.807) is 6.92 Å². The molecule has 0 saturated heterocycles. The quantitative estimate of drug-likeness (QED) is 0.699. The zero-order valence-electron chi connectivity index (χ0n) is 12.0. The van der Waals surface area contributed by atoms with Crippen molar-refractivity contribution in [2.24, 2.45) is 0 Å². The monoisotopic (exact) mass is 267 g/mol. The second kappa shape index (κ2) is 7.56. The van der Waals surface area contributed by atoms with E-state index >= 15 is 0 Å². The summed E-state index contributed by atoms with van der Waals surface area (Å²) >= 11 is 0. The van der Waals surface area contributed by atoms with Crippen molar-refractivity contribution in [1.82, 2.24) is 9.97 Å². The molecule has 1 rings (SSSR count). The molecule has 0 amide bonds. The van der Waals surface area contributed by atoms with Gasteiger partial charge in [-0.1, -0.05) is 0 Å². The fourth-order valence-corrected chi connectivity index (χ4v) is 1.73. The van der Waals surface area contributed by atoms with Crippen LogP contribution in [0.25, 0.3) is 0 Å². The fourth-order valence-electron chi connectivity index (χ4n) is 1.73. The van der Waals surface area contributed by atoms with E-state index in [0.29, 0.717) is 31.5 Å². The van der Waals surface area contributed by atoms with E-state index in [4.69, 9.17) is 9.47 Å². The Kier molecular flexibility index (Phi) is 6.05. The predicted octanol–water partition coefficient (Wildman–Crippen LogP) is 1.57. The number of hydrogen-bond donors (Lipinski definition) is 0. The largest absolute Gasteiger partial charge is 0.478 e.